The van der Waals surface area contributed by atoms with E-state index in [1.807, 2.05) is 6.92 Å². The van der Waals surface area contributed by atoms with Gasteiger partial charge in [0.25, 0.3) is 0 Å². The van der Waals surface area contributed by atoms with Gasteiger partial charge in [-0.05, 0) is 38.0 Å². The number of aryl methyl sites for hydroxylation is 1. The average Bonchev–Trinajstić information content (AvgIpc) is 2.22. The van der Waals surface area contributed by atoms with E-state index in [1.54, 1.807) is 19.9 Å². The zero-order valence-electron chi connectivity index (χ0n) is 9.97. The lowest BCUT2D eigenvalue weighted by Gasteiger charge is -2.23. The Morgan fingerprint density at radius 1 is 1.50 bits per heavy atom. The predicted octanol–water partition coefficient (Wildman–Crippen LogP) is 2.29. The Morgan fingerprint density at radius 3 is 2.69 bits per heavy atom. The number of benzene rings is 1. The Morgan fingerprint density at radius 2 is 2.12 bits per heavy atom. The van der Waals surface area contributed by atoms with Gasteiger partial charge < -0.3 is 16.2 Å². The second kappa shape index (κ2) is 4.70. The number of hydrogen-bond donors (Lipinski definition) is 3. The van der Waals surface area contributed by atoms with Crippen molar-refractivity contribution in [2.75, 3.05) is 17.6 Å². The SMILES string of the molecule is CCC(C)(O)CNc1cc(C)c(F)cc1N. The Hall–Kier alpha value is -1.29. The van der Waals surface area contributed by atoms with Crippen molar-refractivity contribution in [1.82, 2.24) is 0 Å². The maximum absolute atomic E-state index is 13.1. The first-order valence-electron chi connectivity index (χ1n) is 5.37. The summed E-state index contributed by atoms with van der Waals surface area (Å²) in [7, 11) is 0. The minimum atomic E-state index is -0.783. The van der Waals surface area contributed by atoms with E-state index in [1.165, 1.54) is 6.07 Å². The number of halogens is 1. The highest BCUT2D eigenvalue weighted by molar-refractivity contribution is 5.67. The van der Waals surface area contributed by atoms with Crippen molar-refractivity contribution in [2.45, 2.75) is 32.8 Å². The van der Waals surface area contributed by atoms with E-state index >= 15 is 0 Å². The first-order chi connectivity index (χ1) is 7.35. The molecular weight excluding hydrogens is 207 g/mol. The molecule has 0 aliphatic carbocycles. The summed E-state index contributed by atoms with van der Waals surface area (Å²) in [4.78, 5) is 0. The highest BCUT2D eigenvalue weighted by Crippen LogP contribution is 2.23. The minimum Gasteiger partial charge on any atom is -0.397 e. The van der Waals surface area contributed by atoms with Gasteiger partial charge in [0.15, 0.2) is 0 Å². The number of nitrogens with one attached hydrogen (secondary N) is 1. The molecule has 0 amide bonds. The molecule has 1 unspecified atom stereocenters. The van der Waals surface area contributed by atoms with E-state index in [9.17, 15) is 9.50 Å². The second-order valence-corrected chi connectivity index (χ2v) is 4.39. The van der Waals surface area contributed by atoms with Gasteiger partial charge in [-0.2, -0.15) is 0 Å². The minimum absolute atomic E-state index is 0.315. The first kappa shape index (κ1) is 12.8. The molecule has 0 fully saturated rings. The lowest BCUT2D eigenvalue weighted by molar-refractivity contribution is 0.0697. The van der Waals surface area contributed by atoms with Gasteiger partial charge in [-0.25, -0.2) is 4.39 Å². The molecule has 4 heteroatoms. The van der Waals surface area contributed by atoms with E-state index in [2.05, 4.69) is 5.32 Å². The Labute approximate surface area is 95.5 Å². The van der Waals surface area contributed by atoms with Crippen molar-refractivity contribution in [3.8, 4) is 0 Å². The molecule has 1 aromatic rings. The van der Waals surface area contributed by atoms with Crippen LogP contribution in [0.25, 0.3) is 0 Å². The molecule has 4 N–H and O–H groups in total. The molecule has 90 valence electrons. The fraction of sp³-hybridized carbons (Fsp3) is 0.500. The molecule has 3 nitrogen and oxygen atoms in total. The highest BCUT2D eigenvalue weighted by Gasteiger charge is 2.17. The lowest BCUT2D eigenvalue weighted by atomic mass is 10.0. The molecule has 0 aliphatic heterocycles. The van der Waals surface area contributed by atoms with Crippen molar-refractivity contribution in [3.63, 3.8) is 0 Å². The van der Waals surface area contributed by atoms with Gasteiger partial charge in [0.05, 0.1) is 17.0 Å². The van der Waals surface area contributed by atoms with Crippen LogP contribution < -0.4 is 11.1 Å². The first-order valence-corrected chi connectivity index (χ1v) is 5.37. The van der Waals surface area contributed by atoms with Crippen molar-refractivity contribution in [1.29, 1.82) is 0 Å². The third-order valence-electron chi connectivity index (χ3n) is 2.75. The molecule has 0 spiro atoms. The number of hydrogen-bond acceptors (Lipinski definition) is 3. The lowest BCUT2D eigenvalue weighted by Crippen LogP contribution is -2.32. The van der Waals surface area contributed by atoms with Crippen molar-refractivity contribution in [3.05, 3.63) is 23.5 Å². The molecule has 0 heterocycles. The van der Waals surface area contributed by atoms with Gasteiger partial charge in [0, 0.05) is 6.54 Å². The van der Waals surface area contributed by atoms with E-state index in [-0.39, 0.29) is 5.82 Å². The van der Waals surface area contributed by atoms with Gasteiger partial charge in [-0.1, -0.05) is 6.92 Å². The molecule has 0 saturated carbocycles. The standard InChI is InChI=1S/C12H19FN2O/c1-4-12(3,16)7-15-11-5-8(2)9(13)6-10(11)14/h5-6,15-16H,4,7,14H2,1-3H3. The van der Waals surface area contributed by atoms with Gasteiger partial charge in [-0.15, -0.1) is 0 Å². The molecule has 1 rings (SSSR count). The number of aliphatic hydroxyl groups is 1. The molecule has 16 heavy (non-hydrogen) atoms. The Balaban J connectivity index is 2.79. The maximum Gasteiger partial charge on any atom is 0.128 e. The quantitative estimate of drug-likeness (QED) is 0.690. The van der Waals surface area contributed by atoms with Gasteiger partial charge in [0.1, 0.15) is 5.82 Å². The van der Waals surface area contributed by atoms with Crippen molar-refractivity contribution in [2.24, 2.45) is 0 Å². The molecule has 0 bridgehead atoms. The zero-order valence-corrected chi connectivity index (χ0v) is 9.97. The Kier molecular flexibility index (Phi) is 3.75. The summed E-state index contributed by atoms with van der Waals surface area (Å²) in [5.74, 6) is -0.315. The van der Waals surface area contributed by atoms with Crippen molar-refractivity contribution < 1.29 is 9.50 Å². The van der Waals surface area contributed by atoms with Gasteiger partial charge >= 0.3 is 0 Å². The highest BCUT2D eigenvalue weighted by atomic mass is 19.1. The van der Waals surface area contributed by atoms with Crippen LogP contribution in [0.2, 0.25) is 0 Å². The van der Waals surface area contributed by atoms with Gasteiger partial charge in [-0.3, -0.25) is 0 Å². The second-order valence-electron chi connectivity index (χ2n) is 4.39. The maximum atomic E-state index is 13.1. The fourth-order valence-electron chi connectivity index (χ4n) is 1.26. The third kappa shape index (κ3) is 3.10. The molecular formula is C12H19FN2O. The normalized spacial score (nSPS) is 14.6. The third-order valence-corrected chi connectivity index (χ3v) is 2.75. The molecule has 0 aromatic heterocycles. The van der Waals surface area contributed by atoms with E-state index < -0.39 is 5.60 Å². The predicted molar refractivity (Wildman–Crippen MR) is 65.0 cm³/mol. The van der Waals surface area contributed by atoms with E-state index in [4.69, 9.17) is 5.73 Å². The van der Waals surface area contributed by atoms with Crippen LogP contribution in [-0.4, -0.2) is 17.3 Å². The molecule has 1 aromatic carbocycles. The number of rotatable bonds is 4. The van der Waals surface area contributed by atoms with Crippen LogP contribution in [0.3, 0.4) is 0 Å². The molecule has 0 saturated heterocycles. The van der Waals surface area contributed by atoms with Crippen LogP contribution in [-0.2, 0) is 0 Å². The van der Waals surface area contributed by atoms with Crippen molar-refractivity contribution >= 4 is 11.4 Å². The largest absolute Gasteiger partial charge is 0.397 e. The summed E-state index contributed by atoms with van der Waals surface area (Å²) in [5, 5.41) is 12.9. The van der Waals surface area contributed by atoms with Crippen LogP contribution in [0.15, 0.2) is 12.1 Å². The monoisotopic (exact) mass is 226 g/mol. The fourth-order valence-corrected chi connectivity index (χ4v) is 1.26. The summed E-state index contributed by atoms with van der Waals surface area (Å²) >= 11 is 0. The molecule has 0 aliphatic rings. The van der Waals surface area contributed by atoms with Gasteiger partial charge in [0.2, 0.25) is 0 Å². The average molecular weight is 226 g/mol. The summed E-state index contributed by atoms with van der Waals surface area (Å²) in [6, 6.07) is 2.94. The topological polar surface area (TPSA) is 58.3 Å². The molecule has 0 radical (unpaired) electrons. The smallest absolute Gasteiger partial charge is 0.128 e. The zero-order chi connectivity index (χ0) is 12.3. The van der Waals surface area contributed by atoms with E-state index in [0.717, 1.165) is 0 Å². The number of nitrogen functional groups attached to an aromatic ring is 1. The summed E-state index contributed by atoms with van der Waals surface area (Å²) in [6.07, 6.45) is 0.639. The van der Waals surface area contributed by atoms with Crippen LogP contribution in [0.5, 0.6) is 0 Å². The van der Waals surface area contributed by atoms with Crippen LogP contribution in [0, 0.1) is 12.7 Å². The number of anilines is 2. The van der Waals surface area contributed by atoms with Crippen LogP contribution >= 0.6 is 0 Å². The Bertz CT molecular complexity index is 378. The number of nitrogens with two attached hydrogens (primary N) is 1. The molecule has 1 atom stereocenters. The van der Waals surface area contributed by atoms with Crippen LogP contribution in [0.4, 0.5) is 15.8 Å². The summed E-state index contributed by atoms with van der Waals surface area (Å²) in [6.45, 7) is 5.71. The summed E-state index contributed by atoms with van der Waals surface area (Å²) in [5.41, 5.74) is 6.45. The van der Waals surface area contributed by atoms with E-state index in [0.29, 0.717) is 29.9 Å². The van der Waals surface area contributed by atoms with Crippen LogP contribution in [0.1, 0.15) is 25.8 Å². The summed E-state index contributed by atoms with van der Waals surface area (Å²) < 4.78 is 13.1.